The van der Waals surface area contributed by atoms with Gasteiger partial charge in [0.25, 0.3) is 0 Å². The van der Waals surface area contributed by atoms with Crippen LogP contribution in [0.5, 0.6) is 5.75 Å². The van der Waals surface area contributed by atoms with Gasteiger partial charge >= 0.3 is 0 Å². The summed E-state index contributed by atoms with van der Waals surface area (Å²) in [5, 5.41) is -0.0775. The molecule has 0 amide bonds. The van der Waals surface area contributed by atoms with Gasteiger partial charge in [0.2, 0.25) is 0 Å². The minimum atomic E-state index is -0.546. The zero-order valence-corrected chi connectivity index (χ0v) is 8.69. The molecule has 4 heteroatoms. The Morgan fingerprint density at radius 3 is 2.71 bits per heavy atom. The van der Waals surface area contributed by atoms with Gasteiger partial charge in [-0.2, -0.15) is 0 Å². The minimum Gasteiger partial charge on any atom is -0.495 e. The van der Waals surface area contributed by atoms with Crippen LogP contribution in [0.1, 0.15) is 12.5 Å². The van der Waals surface area contributed by atoms with Gasteiger partial charge in [0.1, 0.15) is 22.4 Å². The van der Waals surface area contributed by atoms with Crippen molar-refractivity contribution in [3.05, 3.63) is 28.5 Å². The lowest BCUT2D eigenvalue weighted by Crippen LogP contribution is -2.00. The van der Waals surface area contributed by atoms with Crippen LogP contribution in [0.2, 0.25) is 5.02 Å². The van der Waals surface area contributed by atoms with E-state index in [2.05, 4.69) is 0 Å². The van der Waals surface area contributed by atoms with Crippen LogP contribution < -0.4 is 4.74 Å². The lowest BCUT2D eigenvalue weighted by atomic mass is 10.1. The monoisotopic (exact) mass is 216 g/mol. The van der Waals surface area contributed by atoms with Crippen LogP contribution in [0, 0.1) is 5.82 Å². The summed E-state index contributed by atoms with van der Waals surface area (Å²) >= 11 is 5.67. The van der Waals surface area contributed by atoms with E-state index in [1.807, 2.05) is 0 Å². The third-order valence-electron chi connectivity index (χ3n) is 1.78. The van der Waals surface area contributed by atoms with E-state index in [1.54, 1.807) is 0 Å². The van der Waals surface area contributed by atoms with Crippen molar-refractivity contribution < 1.29 is 13.9 Å². The van der Waals surface area contributed by atoms with Crippen LogP contribution in [0.4, 0.5) is 4.39 Å². The van der Waals surface area contributed by atoms with Gasteiger partial charge in [-0.05, 0) is 13.0 Å². The first-order valence-electron chi connectivity index (χ1n) is 4.06. The number of carbonyl (C=O) groups excluding carboxylic acids is 1. The molecule has 0 atom stereocenters. The van der Waals surface area contributed by atoms with Crippen molar-refractivity contribution in [1.82, 2.24) is 0 Å². The van der Waals surface area contributed by atoms with E-state index in [-0.39, 0.29) is 23.0 Å². The number of carbonyl (C=O) groups is 1. The van der Waals surface area contributed by atoms with Crippen molar-refractivity contribution >= 4 is 17.4 Å². The molecule has 1 aromatic rings. The molecule has 0 heterocycles. The maximum atomic E-state index is 13.0. The number of benzene rings is 1. The molecule has 0 saturated heterocycles. The van der Waals surface area contributed by atoms with Crippen LogP contribution >= 0.6 is 11.6 Å². The van der Waals surface area contributed by atoms with Gasteiger partial charge in [0, 0.05) is 12.0 Å². The summed E-state index contributed by atoms with van der Waals surface area (Å²) < 4.78 is 17.9. The maximum absolute atomic E-state index is 13.0. The Morgan fingerprint density at radius 1 is 1.57 bits per heavy atom. The molecule has 0 aromatic heterocycles. The van der Waals surface area contributed by atoms with Gasteiger partial charge in [0.05, 0.1) is 7.11 Å². The molecule has 14 heavy (non-hydrogen) atoms. The van der Waals surface area contributed by atoms with Gasteiger partial charge in [-0.3, -0.25) is 4.79 Å². The van der Waals surface area contributed by atoms with Crippen LogP contribution in [0.25, 0.3) is 0 Å². The van der Waals surface area contributed by atoms with Gasteiger partial charge in [0.15, 0.2) is 0 Å². The Labute approximate surface area is 86.6 Å². The maximum Gasteiger partial charge on any atom is 0.145 e. The summed E-state index contributed by atoms with van der Waals surface area (Å²) in [6.45, 7) is 1.46. The lowest BCUT2D eigenvalue weighted by molar-refractivity contribution is -0.116. The summed E-state index contributed by atoms with van der Waals surface area (Å²) in [4.78, 5) is 10.9. The molecule has 0 N–H and O–H groups in total. The van der Waals surface area contributed by atoms with Crippen LogP contribution in [-0.4, -0.2) is 12.9 Å². The second-order valence-electron chi connectivity index (χ2n) is 2.93. The third kappa shape index (κ3) is 2.23. The standard InChI is InChI=1S/C10H10ClFO2/c1-6(13)5-7-3-4-8(12)9(11)10(7)14-2/h3-4H,5H2,1-2H3. The number of ether oxygens (including phenoxy) is 1. The zero-order chi connectivity index (χ0) is 10.7. The van der Waals surface area contributed by atoms with Crippen molar-refractivity contribution in [2.24, 2.45) is 0 Å². The molecule has 0 aliphatic heterocycles. The summed E-state index contributed by atoms with van der Waals surface area (Å²) in [5.41, 5.74) is 0.603. The molecule has 0 bridgehead atoms. The van der Waals surface area contributed by atoms with Gasteiger partial charge in [-0.1, -0.05) is 17.7 Å². The summed E-state index contributed by atoms with van der Waals surface area (Å²) in [6.07, 6.45) is 0.198. The topological polar surface area (TPSA) is 26.3 Å². The van der Waals surface area contributed by atoms with Gasteiger partial charge in [-0.25, -0.2) is 4.39 Å². The van der Waals surface area contributed by atoms with E-state index >= 15 is 0 Å². The van der Waals surface area contributed by atoms with Crippen LogP contribution in [-0.2, 0) is 11.2 Å². The average molecular weight is 217 g/mol. The van der Waals surface area contributed by atoms with E-state index in [9.17, 15) is 9.18 Å². The first-order chi connectivity index (χ1) is 6.56. The number of hydrogen-bond acceptors (Lipinski definition) is 2. The van der Waals surface area contributed by atoms with E-state index < -0.39 is 5.82 Å². The molecule has 0 saturated carbocycles. The molecule has 1 aromatic carbocycles. The molecule has 0 radical (unpaired) electrons. The first kappa shape index (κ1) is 11.0. The highest BCUT2D eigenvalue weighted by molar-refractivity contribution is 6.32. The highest BCUT2D eigenvalue weighted by atomic mass is 35.5. The van der Waals surface area contributed by atoms with Gasteiger partial charge < -0.3 is 4.74 Å². The molecule has 0 fully saturated rings. The normalized spacial score (nSPS) is 10.0. The second kappa shape index (κ2) is 4.42. The molecule has 0 aliphatic carbocycles. The number of Topliss-reactive ketones (excluding diaryl/α,β-unsaturated/α-hetero) is 1. The van der Waals surface area contributed by atoms with Crippen molar-refractivity contribution in [2.75, 3.05) is 7.11 Å². The van der Waals surface area contributed by atoms with Crippen molar-refractivity contribution in [3.63, 3.8) is 0 Å². The number of rotatable bonds is 3. The molecular weight excluding hydrogens is 207 g/mol. The predicted octanol–water partition coefficient (Wildman–Crippen LogP) is 2.62. The molecule has 0 unspecified atom stereocenters. The molecule has 0 aliphatic rings. The van der Waals surface area contributed by atoms with E-state index in [0.717, 1.165) is 0 Å². The Kier molecular flexibility index (Phi) is 3.47. The molecule has 76 valence electrons. The van der Waals surface area contributed by atoms with Crippen LogP contribution in [0.3, 0.4) is 0 Å². The smallest absolute Gasteiger partial charge is 0.145 e. The highest BCUT2D eigenvalue weighted by Crippen LogP contribution is 2.31. The largest absolute Gasteiger partial charge is 0.495 e. The number of hydrogen-bond donors (Lipinski definition) is 0. The second-order valence-corrected chi connectivity index (χ2v) is 3.31. The summed E-state index contributed by atoms with van der Waals surface area (Å²) in [7, 11) is 1.39. The van der Waals surface area contributed by atoms with E-state index in [1.165, 1.54) is 26.2 Å². The fourth-order valence-electron chi connectivity index (χ4n) is 1.20. The number of methoxy groups -OCH3 is 1. The zero-order valence-electron chi connectivity index (χ0n) is 7.93. The Morgan fingerprint density at radius 2 is 2.21 bits per heavy atom. The predicted molar refractivity (Wildman–Crippen MR) is 52.3 cm³/mol. The Hall–Kier alpha value is -1.09. The van der Waals surface area contributed by atoms with Crippen molar-refractivity contribution in [2.45, 2.75) is 13.3 Å². The Balaban J connectivity index is 3.17. The fraction of sp³-hybridized carbons (Fsp3) is 0.300. The van der Waals surface area contributed by atoms with Crippen molar-refractivity contribution in [3.8, 4) is 5.75 Å². The molecule has 2 nitrogen and oxygen atoms in total. The van der Waals surface area contributed by atoms with Gasteiger partial charge in [-0.15, -0.1) is 0 Å². The van der Waals surface area contributed by atoms with E-state index in [0.29, 0.717) is 5.56 Å². The quantitative estimate of drug-likeness (QED) is 0.777. The number of halogens is 2. The molecule has 0 spiro atoms. The first-order valence-corrected chi connectivity index (χ1v) is 4.44. The van der Waals surface area contributed by atoms with Crippen molar-refractivity contribution in [1.29, 1.82) is 0 Å². The third-order valence-corrected chi connectivity index (χ3v) is 2.13. The highest BCUT2D eigenvalue weighted by Gasteiger charge is 2.13. The number of ketones is 1. The molecular formula is C10H10ClFO2. The summed E-state index contributed by atoms with van der Waals surface area (Å²) in [5.74, 6) is -0.330. The average Bonchev–Trinajstić information content (AvgIpc) is 2.11. The lowest BCUT2D eigenvalue weighted by Gasteiger charge is -2.09. The minimum absolute atomic E-state index is 0.0222. The summed E-state index contributed by atoms with van der Waals surface area (Å²) in [6, 6.07) is 2.73. The van der Waals surface area contributed by atoms with E-state index in [4.69, 9.17) is 16.3 Å². The Bertz CT molecular complexity index is 363. The molecule has 1 rings (SSSR count). The fourth-order valence-corrected chi connectivity index (χ4v) is 1.46. The SMILES string of the molecule is COc1c(CC(C)=O)ccc(F)c1Cl. The van der Waals surface area contributed by atoms with Crippen LogP contribution in [0.15, 0.2) is 12.1 Å².